The first-order valence-electron chi connectivity index (χ1n) is 9.77. The maximum absolute atomic E-state index is 13.5. The largest absolute Gasteiger partial charge is 0.299 e. The van der Waals surface area contributed by atoms with Gasteiger partial charge in [-0.15, -0.1) is 0 Å². The van der Waals surface area contributed by atoms with Crippen molar-refractivity contribution >= 4 is 15.8 Å². The predicted octanol–water partition coefficient (Wildman–Crippen LogP) is 3.86. The third-order valence-corrected chi connectivity index (χ3v) is 9.69. The number of benzene rings is 1. The minimum absolute atomic E-state index is 0.00921. The Morgan fingerprint density at radius 2 is 1.92 bits per heavy atom. The highest BCUT2D eigenvalue weighted by Gasteiger charge is 2.65. The van der Waals surface area contributed by atoms with Gasteiger partial charge in [-0.3, -0.25) is 4.79 Å². The van der Waals surface area contributed by atoms with Gasteiger partial charge in [-0.2, -0.15) is 4.31 Å². The molecule has 4 nitrogen and oxygen atoms in total. The Morgan fingerprint density at radius 1 is 1.19 bits per heavy atom. The zero-order valence-electron chi connectivity index (χ0n) is 16.0. The third-order valence-electron chi connectivity index (χ3n) is 7.68. The molecular formula is C21H29NO3S. The number of sulfonamides is 1. The van der Waals surface area contributed by atoms with Crippen molar-refractivity contribution in [1.82, 2.24) is 4.31 Å². The van der Waals surface area contributed by atoms with Gasteiger partial charge in [0.15, 0.2) is 0 Å². The van der Waals surface area contributed by atoms with Crippen LogP contribution in [0.4, 0.5) is 0 Å². The molecule has 1 aromatic carbocycles. The second-order valence-corrected chi connectivity index (χ2v) is 11.0. The summed E-state index contributed by atoms with van der Waals surface area (Å²) >= 11 is 0. The number of Topliss-reactive ketones (excluding diaryl/α,β-unsaturated/α-hetero) is 1. The van der Waals surface area contributed by atoms with E-state index in [0.717, 1.165) is 36.8 Å². The van der Waals surface area contributed by atoms with Gasteiger partial charge in [0.05, 0.1) is 5.75 Å². The number of nitrogens with zero attached hydrogens (tertiary/aromatic N) is 1. The summed E-state index contributed by atoms with van der Waals surface area (Å²) < 4.78 is 28.6. The average molecular weight is 376 g/mol. The van der Waals surface area contributed by atoms with Crippen molar-refractivity contribution in [2.75, 3.05) is 12.3 Å². The molecule has 3 atom stereocenters. The Morgan fingerprint density at radius 3 is 2.54 bits per heavy atom. The van der Waals surface area contributed by atoms with Gasteiger partial charge < -0.3 is 0 Å². The molecule has 2 bridgehead atoms. The topological polar surface area (TPSA) is 54.5 Å². The Balaban J connectivity index is 1.67. The summed E-state index contributed by atoms with van der Waals surface area (Å²) in [5.41, 5.74) is 1.34. The Kier molecular flexibility index (Phi) is 4.12. The molecule has 1 saturated heterocycles. The molecular weight excluding hydrogens is 346 g/mol. The van der Waals surface area contributed by atoms with Gasteiger partial charge in [-0.1, -0.05) is 38.1 Å². The summed E-state index contributed by atoms with van der Waals surface area (Å²) in [7, 11) is -3.49. The summed E-state index contributed by atoms with van der Waals surface area (Å²) in [5.74, 6) is 0.509. The van der Waals surface area contributed by atoms with E-state index < -0.39 is 15.4 Å². The van der Waals surface area contributed by atoms with E-state index in [1.54, 1.807) is 4.31 Å². The van der Waals surface area contributed by atoms with E-state index in [4.69, 9.17) is 0 Å². The van der Waals surface area contributed by atoms with Gasteiger partial charge in [0.2, 0.25) is 10.0 Å². The van der Waals surface area contributed by atoms with Crippen LogP contribution in [-0.4, -0.2) is 30.8 Å². The van der Waals surface area contributed by atoms with Crippen LogP contribution in [-0.2, 0) is 14.8 Å². The molecule has 142 valence electrons. The maximum Gasteiger partial charge on any atom is 0.215 e. The molecule has 5 heteroatoms. The molecule has 0 aromatic heterocycles. The highest BCUT2D eigenvalue weighted by molar-refractivity contribution is 7.89. The number of carbonyl (C=O) groups excluding carboxylic acids is 1. The van der Waals surface area contributed by atoms with E-state index in [2.05, 4.69) is 13.8 Å². The average Bonchev–Trinajstić information content (AvgIpc) is 3.19. The molecule has 1 aromatic rings. The lowest BCUT2D eigenvalue weighted by atomic mass is 9.70. The van der Waals surface area contributed by atoms with Crippen molar-refractivity contribution < 1.29 is 13.2 Å². The Hall–Kier alpha value is -1.20. The zero-order chi connectivity index (χ0) is 18.7. The molecule has 0 N–H and O–H groups in total. The first-order chi connectivity index (χ1) is 12.2. The van der Waals surface area contributed by atoms with Crippen molar-refractivity contribution in [2.24, 2.45) is 16.7 Å². The van der Waals surface area contributed by atoms with E-state index in [0.29, 0.717) is 18.9 Å². The predicted molar refractivity (Wildman–Crippen MR) is 102 cm³/mol. The maximum atomic E-state index is 13.5. The van der Waals surface area contributed by atoms with Crippen LogP contribution >= 0.6 is 0 Å². The van der Waals surface area contributed by atoms with Gasteiger partial charge in [0.25, 0.3) is 0 Å². The van der Waals surface area contributed by atoms with Crippen LogP contribution in [0.3, 0.4) is 0 Å². The Bertz CT molecular complexity index is 845. The lowest BCUT2D eigenvalue weighted by molar-refractivity contribution is -0.128. The van der Waals surface area contributed by atoms with Crippen molar-refractivity contribution in [3.8, 4) is 0 Å². The first-order valence-corrected chi connectivity index (χ1v) is 11.4. The van der Waals surface area contributed by atoms with Crippen molar-refractivity contribution in [3.63, 3.8) is 0 Å². The van der Waals surface area contributed by atoms with E-state index in [-0.39, 0.29) is 23.0 Å². The molecule has 0 amide bonds. The van der Waals surface area contributed by atoms with Crippen molar-refractivity contribution in [3.05, 3.63) is 35.4 Å². The van der Waals surface area contributed by atoms with Gasteiger partial charge in [0.1, 0.15) is 5.78 Å². The van der Waals surface area contributed by atoms with Crippen LogP contribution in [0.1, 0.15) is 63.1 Å². The standard InChI is InChI=1S/C21H29NO3S/c1-15-7-4-5-8-17(15)18-9-6-12-22(18)26(24,25)14-21-11-10-16(13-19(21)23)20(21,2)3/h4-5,7-8,16,18H,6,9-14H2,1-3H3. The van der Waals surface area contributed by atoms with Gasteiger partial charge >= 0.3 is 0 Å². The summed E-state index contributed by atoms with van der Waals surface area (Å²) in [6.07, 6.45) is 4.01. The monoisotopic (exact) mass is 375 g/mol. The van der Waals surface area contributed by atoms with Crippen LogP contribution in [0, 0.1) is 23.7 Å². The summed E-state index contributed by atoms with van der Waals surface area (Å²) in [6.45, 7) is 6.82. The van der Waals surface area contributed by atoms with E-state index in [1.807, 2.05) is 31.2 Å². The molecule has 3 fully saturated rings. The van der Waals surface area contributed by atoms with Gasteiger partial charge in [-0.25, -0.2) is 8.42 Å². The highest BCUT2D eigenvalue weighted by atomic mass is 32.2. The minimum atomic E-state index is -3.49. The number of hydrogen-bond donors (Lipinski definition) is 0. The lowest BCUT2D eigenvalue weighted by Gasteiger charge is -2.38. The summed E-state index contributed by atoms with van der Waals surface area (Å²) in [6, 6.07) is 7.97. The van der Waals surface area contributed by atoms with Crippen LogP contribution in [0.5, 0.6) is 0 Å². The SMILES string of the molecule is Cc1ccccc1C1CCCN1S(=O)(=O)CC12CCC(CC1=O)C2(C)C. The van der Waals surface area contributed by atoms with Crippen LogP contribution in [0.25, 0.3) is 0 Å². The highest BCUT2D eigenvalue weighted by Crippen LogP contribution is 2.64. The fourth-order valence-corrected chi connectivity index (χ4v) is 8.33. The number of fused-ring (bicyclic) bond motifs is 2. The summed E-state index contributed by atoms with van der Waals surface area (Å²) in [5, 5.41) is 0. The fourth-order valence-electron chi connectivity index (χ4n) is 5.85. The molecule has 2 saturated carbocycles. The van der Waals surface area contributed by atoms with Crippen LogP contribution in [0.2, 0.25) is 0 Å². The molecule has 1 aliphatic heterocycles. The number of hydrogen-bond acceptors (Lipinski definition) is 3. The van der Waals surface area contributed by atoms with Crippen LogP contribution < -0.4 is 0 Å². The minimum Gasteiger partial charge on any atom is -0.299 e. The number of ketones is 1. The van der Waals surface area contributed by atoms with E-state index in [1.165, 1.54) is 0 Å². The van der Waals surface area contributed by atoms with Crippen molar-refractivity contribution in [1.29, 1.82) is 0 Å². The molecule has 1 heterocycles. The quantitative estimate of drug-likeness (QED) is 0.803. The summed E-state index contributed by atoms with van der Waals surface area (Å²) in [4.78, 5) is 12.8. The van der Waals surface area contributed by atoms with Crippen LogP contribution in [0.15, 0.2) is 24.3 Å². The number of rotatable bonds is 4. The first kappa shape index (κ1) is 18.2. The fraction of sp³-hybridized carbons (Fsp3) is 0.667. The molecule has 0 spiro atoms. The molecule has 4 rings (SSSR count). The second-order valence-electron chi connectivity index (χ2n) is 9.05. The Labute approximate surface area is 157 Å². The van der Waals surface area contributed by atoms with Gasteiger partial charge in [0, 0.05) is 24.4 Å². The molecule has 3 unspecified atom stereocenters. The normalized spacial score (nSPS) is 33.9. The molecule has 3 aliphatic rings. The van der Waals surface area contributed by atoms with E-state index in [9.17, 15) is 13.2 Å². The molecule has 0 radical (unpaired) electrons. The molecule has 2 aliphatic carbocycles. The zero-order valence-corrected chi connectivity index (χ0v) is 16.8. The smallest absolute Gasteiger partial charge is 0.215 e. The third kappa shape index (κ3) is 2.43. The second kappa shape index (κ2) is 5.90. The lowest BCUT2D eigenvalue weighted by Crippen LogP contribution is -2.46. The molecule has 26 heavy (non-hydrogen) atoms. The number of aryl methyl sites for hydroxylation is 1. The van der Waals surface area contributed by atoms with Crippen molar-refractivity contribution in [2.45, 2.75) is 58.9 Å². The van der Waals surface area contributed by atoms with E-state index >= 15 is 0 Å². The van der Waals surface area contributed by atoms with Gasteiger partial charge in [-0.05, 0) is 55.1 Å². The number of carbonyl (C=O) groups is 1.